The van der Waals surface area contributed by atoms with Gasteiger partial charge in [-0.2, -0.15) is 0 Å². The van der Waals surface area contributed by atoms with Gasteiger partial charge in [-0.25, -0.2) is 0 Å². The summed E-state index contributed by atoms with van der Waals surface area (Å²) in [5.74, 6) is -0.130. The summed E-state index contributed by atoms with van der Waals surface area (Å²) >= 11 is 0. The second kappa shape index (κ2) is 7.46. The summed E-state index contributed by atoms with van der Waals surface area (Å²) < 4.78 is 0. The molecule has 0 spiro atoms. The molecule has 0 bridgehead atoms. The number of anilines is 1. The fraction of sp³-hybridized carbons (Fsp3) is 0.348. The first-order chi connectivity index (χ1) is 12.3. The van der Waals surface area contributed by atoms with E-state index in [0.717, 1.165) is 36.1 Å². The summed E-state index contributed by atoms with van der Waals surface area (Å²) in [7, 11) is 0. The van der Waals surface area contributed by atoms with E-state index in [9.17, 15) is 4.79 Å². The van der Waals surface area contributed by atoms with Crippen molar-refractivity contribution in [2.45, 2.75) is 51.5 Å². The number of amides is 1. The summed E-state index contributed by atoms with van der Waals surface area (Å²) in [6.45, 7) is 6.57. The zero-order valence-corrected chi connectivity index (χ0v) is 15.9. The van der Waals surface area contributed by atoms with Gasteiger partial charge in [0.2, 0.25) is 5.91 Å². The van der Waals surface area contributed by atoms with Gasteiger partial charge in [0.25, 0.3) is 0 Å². The average molecular weight is 348 g/mol. The Morgan fingerprint density at radius 2 is 1.88 bits per heavy atom. The Morgan fingerprint density at radius 3 is 2.58 bits per heavy atom. The number of aryl methyl sites for hydroxylation is 1. The first kappa shape index (κ1) is 18.4. The number of carbonyl (C=O) groups excluding carboxylic acids is 1. The number of hydrogen-bond acceptors (Lipinski definition) is 2. The lowest BCUT2D eigenvalue weighted by Gasteiger charge is -2.22. The molecule has 0 heterocycles. The summed E-state index contributed by atoms with van der Waals surface area (Å²) in [5.41, 5.74) is 11.9. The van der Waals surface area contributed by atoms with Crippen LogP contribution < -0.4 is 11.1 Å². The maximum absolute atomic E-state index is 12.2. The largest absolute Gasteiger partial charge is 0.324 e. The summed E-state index contributed by atoms with van der Waals surface area (Å²) in [6, 6.07) is 14.4. The number of carbonyl (C=O) groups is 1. The molecule has 1 atom stereocenters. The molecule has 1 unspecified atom stereocenters. The Hall–Kier alpha value is -2.39. The predicted octanol–water partition coefficient (Wildman–Crippen LogP) is 4.97. The molecule has 0 saturated heterocycles. The molecule has 3 nitrogen and oxygen atoms in total. The molecule has 2 aromatic rings. The molecule has 0 aromatic heterocycles. The van der Waals surface area contributed by atoms with Gasteiger partial charge in [-0.15, -0.1) is 0 Å². The van der Waals surface area contributed by atoms with Crippen LogP contribution in [0, 0.1) is 0 Å². The van der Waals surface area contributed by atoms with E-state index >= 15 is 0 Å². The Morgan fingerprint density at radius 1 is 1.15 bits per heavy atom. The smallest absolute Gasteiger partial charge is 0.248 e. The van der Waals surface area contributed by atoms with E-state index in [1.54, 1.807) is 6.08 Å². The third-order valence-corrected chi connectivity index (χ3v) is 4.98. The van der Waals surface area contributed by atoms with Crippen molar-refractivity contribution in [3.05, 3.63) is 70.8 Å². The number of rotatable bonds is 3. The van der Waals surface area contributed by atoms with Gasteiger partial charge in [-0.05, 0) is 65.1 Å². The zero-order valence-electron chi connectivity index (χ0n) is 15.9. The fourth-order valence-corrected chi connectivity index (χ4v) is 3.36. The van der Waals surface area contributed by atoms with Gasteiger partial charge in [-0.1, -0.05) is 51.1 Å². The van der Waals surface area contributed by atoms with Crippen LogP contribution in [0.5, 0.6) is 0 Å². The number of hydrogen-bond donors (Lipinski definition) is 2. The number of nitrogens with two attached hydrogens (primary N) is 1. The molecule has 3 N–H and O–H groups in total. The lowest BCUT2D eigenvalue weighted by molar-refractivity contribution is -0.111. The van der Waals surface area contributed by atoms with Crippen molar-refractivity contribution in [3.63, 3.8) is 0 Å². The Labute approximate surface area is 156 Å². The van der Waals surface area contributed by atoms with Gasteiger partial charge in [0.15, 0.2) is 0 Å². The second-order valence-corrected chi connectivity index (χ2v) is 8.11. The van der Waals surface area contributed by atoms with Crippen LogP contribution in [0.3, 0.4) is 0 Å². The SMILES string of the molecule is CC(C)(C)c1ccc(/C=C/C(=O)Nc2ccc3c(c2)C(N)CCC3)cc1. The average Bonchev–Trinajstić information content (AvgIpc) is 2.60. The first-order valence-electron chi connectivity index (χ1n) is 9.31. The highest BCUT2D eigenvalue weighted by Crippen LogP contribution is 2.30. The van der Waals surface area contributed by atoms with Crippen LogP contribution in [0.25, 0.3) is 6.08 Å². The molecule has 0 aliphatic heterocycles. The van der Waals surface area contributed by atoms with Crippen molar-refractivity contribution in [2.75, 3.05) is 5.32 Å². The molecule has 1 amide bonds. The molecule has 1 aliphatic rings. The maximum Gasteiger partial charge on any atom is 0.248 e. The van der Waals surface area contributed by atoms with Gasteiger partial charge in [0, 0.05) is 17.8 Å². The number of fused-ring (bicyclic) bond motifs is 1. The van der Waals surface area contributed by atoms with Crippen LogP contribution in [0.15, 0.2) is 48.5 Å². The van der Waals surface area contributed by atoms with Crippen LogP contribution in [0.4, 0.5) is 5.69 Å². The minimum absolute atomic E-state index is 0.0764. The monoisotopic (exact) mass is 348 g/mol. The third kappa shape index (κ3) is 4.41. The summed E-state index contributed by atoms with van der Waals surface area (Å²) in [6.07, 6.45) is 6.63. The fourth-order valence-electron chi connectivity index (χ4n) is 3.36. The number of benzene rings is 2. The van der Waals surface area contributed by atoms with E-state index in [0.29, 0.717) is 0 Å². The van der Waals surface area contributed by atoms with Crippen molar-refractivity contribution in [3.8, 4) is 0 Å². The Bertz CT molecular complexity index is 813. The molecule has 0 radical (unpaired) electrons. The van der Waals surface area contributed by atoms with Crippen LogP contribution in [-0.4, -0.2) is 5.91 Å². The van der Waals surface area contributed by atoms with Gasteiger partial charge < -0.3 is 11.1 Å². The van der Waals surface area contributed by atoms with E-state index in [-0.39, 0.29) is 17.4 Å². The van der Waals surface area contributed by atoms with Crippen LogP contribution in [0.1, 0.15) is 61.9 Å². The van der Waals surface area contributed by atoms with Crippen LogP contribution >= 0.6 is 0 Å². The molecular formula is C23H28N2O. The normalized spacial score (nSPS) is 17.2. The zero-order chi connectivity index (χ0) is 18.7. The standard InChI is InChI=1S/C23H28N2O/c1-23(2,3)18-11-7-16(8-12-18)9-14-22(26)25-19-13-10-17-5-4-6-21(24)20(17)15-19/h7-15,21H,4-6,24H2,1-3H3,(H,25,26)/b14-9+. The first-order valence-corrected chi connectivity index (χ1v) is 9.31. The molecule has 0 fully saturated rings. The highest BCUT2D eigenvalue weighted by atomic mass is 16.1. The molecule has 26 heavy (non-hydrogen) atoms. The third-order valence-electron chi connectivity index (χ3n) is 4.98. The minimum atomic E-state index is -0.130. The highest BCUT2D eigenvalue weighted by molar-refractivity contribution is 6.02. The van der Waals surface area contributed by atoms with E-state index in [4.69, 9.17) is 5.73 Å². The second-order valence-electron chi connectivity index (χ2n) is 8.11. The molecule has 1 aliphatic carbocycles. The van der Waals surface area contributed by atoms with Crippen LogP contribution in [-0.2, 0) is 16.6 Å². The minimum Gasteiger partial charge on any atom is -0.324 e. The lowest BCUT2D eigenvalue weighted by Crippen LogP contribution is -2.18. The van der Waals surface area contributed by atoms with E-state index in [1.807, 2.05) is 30.3 Å². The molecule has 2 aromatic carbocycles. The highest BCUT2D eigenvalue weighted by Gasteiger charge is 2.17. The van der Waals surface area contributed by atoms with Gasteiger partial charge >= 0.3 is 0 Å². The lowest BCUT2D eigenvalue weighted by atomic mass is 9.87. The Balaban J connectivity index is 1.65. The molecular weight excluding hydrogens is 320 g/mol. The topological polar surface area (TPSA) is 55.1 Å². The number of nitrogens with one attached hydrogen (secondary N) is 1. The van der Waals surface area contributed by atoms with Crippen molar-refractivity contribution < 1.29 is 4.79 Å². The molecule has 136 valence electrons. The van der Waals surface area contributed by atoms with Crippen molar-refractivity contribution >= 4 is 17.7 Å². The summed E-state index contributed by atoms with van der Waals surface area (Å²) in [4.78, 5) is 12.2. The van der Waals surface area contributed by atoms with Crippen molar-refractivity contribution in [2.24, 2.45) is 5.73 Å². The van der Waals surface area contributed by atoms with E-state index in [1.165, 1.54) is 11.1 Å². The van der Waals surface area contributed by atoms with Crippen molar-refractivity contribution in [1.82, 2.24) is 0 Å². The van der Waals surface area contributed by atoms with Gasteiger partial charge in [-0.3, -0.25) is 4.79 Å². The van der Waals surface area contributed by atoms with E-state index in [2.05, 4.69) is 44.3 Å². The van der Waals surface area contributed by atoms with Gasteiger partial charge in [0.1, 0.15) is 0 Å². The summed E-state index contributed by atoms with van der Waals surface area (Å²) in [5, 5.41) is 2.94. The predicted molar refractivity (Wildman–Crippen MR) is 109 cm³/mol. The van der Waals surface area contributed by atoms with Crippen LogP contribution in [0.2, 0.25) is 0 Å². The van der Waals surface area contributed by atoms with Gasteiger partial charge in [0.05, 0.1) is 0 Å². The molecule has 0 saturated carbocycles. The van der Waals surface area contributed by atoms with Crippen molar-refractivity contribution in [1.29, 1.82) is 0 Å². The maximum atomic E-state index is 12.2. The molecule has 3 rings (SSSR count). The Kier molecular flexibility index (Phi) is 5.28. The quantitative estimate of drug-likeness (QED) is 0.769. The molecule has 3 heteroatoms. The van der Waals surface area contributed by atoms with E-state index < -0.39 is 0 Å².